The molecule has 0 bridgehead atoms. The van der Waals surface area contributed by atoms with Gasteiger partial charge in [0.1, 0.15) is 0 Å². The third-order valence-electron chi connectivity index (χ3n) is 3.82. The van der Waals surface area contributed by atoms with Gasteiger partial charge in [0.05, 0.1) is 12.1 Å². The fourth-order valence-corrected chi connectivity index (χ4v) is 2.95. The van der Waals surface area contributed by atoms with Crippen LogP contribution in [0.25, 0.3) is 0 Å². The number of rotatable bonds is 2. The molecule has 21 heavy (non-hydrogen) atoms. The molecule has 3 rings (SSSR count). The lowest BCUT2D eigenvalue weighted by Crippen LogP contribution is -2.42. The van der Waals surface area contributed by atoms with Gasteiger partial charge in [-0.05, 0) is 37.1 Å². The predicted octanol–water partition coefficient (Wildman–Crippen LogP) is 3.31. The van der Waals surface area contributed by atoms with Crippen LogP contribution in [0, 0.1) is 0 Å². The number of carbonyl (C=O) groups excluding carboxylic acids is 1. The standard InChI is InChI=1S/C14H14F3N3O/c15-14(16,17)13(21)20-11(9-3-1-7-18-9)5-6-12(20)10-4-2-8-19-10/h1-4,7-8,11-12,18-19H,5-6H2/t11-,12-/m0/s1. The molecule has 2 aromatic rings. The highest BCUT2D eigenvalue weighted by Gasteiger charge is 2.50. The van der Waals surface area contributed by atoms with Crippen molar-refractivity contribution in [3.05, 3.63) is 48.0 Å². The fraction of sp³-hybridized carbons (Fsp3) is 0.357. The second-order valence-electron chi connectivity index (χ2n) is 5.07. The van der Waals surface area contributed by atoms with Crippen LogP contribution in [0.2, 0.25) is 0 Å². The van der Waals surface area contributed by atoms with Crippen LogP contribution in [0.15, 0.2) is 36.7 Å². The number of aromatic amines is 2. The van der Waals surface area contributed by atoms with Gasteiger partial charge in [-0.3, -0.25) is 4.79 Å². The molecule has 0 aliphatic carbocycles. The summed E-state index contributed by atoms with van der Waals surface area (Å²) >= 11 is 0. The first-order chi connectivity index (χ1) is 9.98. The minimum absolute atomic E-state index is 0.492. The Hall–Kier alpha value is -2.18. The second-order valence-corrected chi connectivity index (χ2v) is 5.07. The summed E-state index contributed by atoms with van der Waals surface area (Å²) in [5, 5.41) is 0. The maximum absolute atomic E-state index is 12.9. The first kappa shape index (κ1) is 13.8. The Bertz CT molecular complexity index is 562. The van der Waals surface area contributed by atoms with E-state index in [1.54, 1.807) is 36.7 Å². The van der Waals surface area contributed by atoms with E-state index in [2.05, 4.69) is 9.97 Å². The zero-order valence-corrected chi connectivity index (χ0v) is 11.0. The van der Waals surface area contributed by atoms with Crippen LogP contribution < -0.4 is 0 Å². The van der Waals surface area contributed by atoms with Gasteiger partial charge >= 0.3 is 12.1 Å². The van der Waals surface area contributed by atoms with Crippen molar-refractivity contribution >= 4 is 5.91 Å². The lowest BCUT2D eigenvalue weighted by molar-refractivity contribution is -0.189. The van der Waals surface area contributed by atoms with E-state index in [1.807, 2.05) is 0 Å². The number of nitrogens with zero attached hydrogens (tertiary/aromatic N) is 1. The number of hydrogen-bond donors (Lipinski definition) is 2. The van der Waals surface area contributed by atoms with Gasteiger partial charge in [0, 0.05) is 23.8 Å². The topological polar surface area (TPSA) is 51.9 Å². The average Bonchev–Trinajstić information content (AvgIpc) is 3.16. The lowest BCUT2D eigenvalue weighted by Gasteiger charge is -2.30. The monoisotopic (exact) mass is 297 g/mol. The number of halogens is 3. The first-order valence-electron chi connectivity index (χ1n) is 6.64. The summed E-state index contributed by atoms with van der Waals surface area (Å²) in [6, 6.07) is 5.68. The molecule has 2 aromatic heterocycles. The third kappa shape index (κ3) is 2.43. The highest BCUT2D eigenvalue weighted by molar-refractivity contribution is 5.83. The number of carbonyl (C=O) groups is 1. The molecule has 0 saturated carbocycles. The fourth-order valence-electron chi connectivity index (χ4n) is 2.95. The third-order valence-corrected chi connectivity index (χ3v) is 3.82. The predicted molar refractivity (Wildman–Crippen MR) is 69.2 cm³/mol. The molecule has 4 nitrogen and oxygen atoms in total. The molecule has 1 aliphatic rings. The van der Waals surface area contributed by atoms with E-state index in [-0.39, 0.29) is 0 Å². The molecule has 2 atom stereocenters. The maximum Gasteiger partial charge on any atom is 0.471 e. The van der Waals surface area contributed by atoms with Crippen molar-refractivity contribution in [2.75, 3.05) is 0 Å². The van der Waals surface area contributed by atoms with Gasteiger partial charge < -0.3 is 14.9 Å². The molecule has 112 valence electrons. The van der Waals surface area contributed by atoms with Crippen molar-refractivity contribution in [3.63, 3.8) is 0 Å². The van der Waals surface area contributed by atoms with Crippen molar-refractivity contribution in [2.24, 2.45) is 0 Å². The number of H-pyrrole nitrogens is 2. The highest BCUT2D eigenvalue weighted by atomic mass is 19.4. The van der Waals surface area contributed by atoms with Crippen LogP contribution in [0.5, 0.6) is 0 Å². The zero-order valence-electron chi connectivity index (χ0n) is 11.0. The van der Waals surface area contributed by atoms with Crippen LogP contribution in [0.1, 0.15) is 36.3 Å². The Kier molecular flexibility index (Phi) is 3.27. The molecular formula is C14H14F3N3O. The highest BCUT2D eigenvalue weighted by Crippen LogP contribution is 2.45. The summed E-state index contributed by atoms with van der Waals surface area (Å²) in [6.07, 6.45) is -0.598. The second kappa shape index (κ2) is 4.98. The van der Waals surface area contributed by atoms with Crippen molar-refractivity contribution < 1.29 is 18.0 Å². The average molecular weight is 297 g/mol. The largest absolute Gasteiger partial charge is 0.471 e. The summed E-state index contributed by atoms with van der Waals surface area (Å²) in [5.74, 6) is -1.79. The molecule has 3 heterocycles. The molecule has 0 spiro atoms. The number of alkyl halides is 3. The van der Waals surface area contributed by atoms with E-state index in [0.717, 1.165) is 4.90 Å². The number of amides is 1. The molecule has 0 radical (unpaired) electrons. The molecule has 0 aromatic carbocycles. The van der Waals surface area contributed by atoms with Crippen molar-refractivity contribution in [2.45, 2.75) is 31.1 Å². The number of hydrogen-bond acceptors (Lipinski definition) is 1. The minimum atomic E-state index is -4.87. The van der Waals surface area contributed by atoms with Gasteiger partial charge in [0.2, 0.25) is 0 Å². The van der Waals surface area contributed by atoms with E-state index < -0.39 is 24.2 Å². The van der Waals surface area contributed by atoms with Gasteiger partial charge in [-0.2, -0.15) is 13.2 Å². The molecule has 0 unspecified atom stereocenters. The Balaban J connectivity index is 1.98. The lowest BCUT2D eigenvalue weighted by atomic mass is 10.1. The van der Waals surface area contributed by atoms with Crippen molar-refractivity contribution in [1.82, 2.24) is 14.9 Å². The maximum atomic E-state index is 12.9. The Morgan fingerprint density at radius 3 is 1.86 bits per heavy atom. The minimum Gasteiger partial charge on any atom is -0.363 e. The number of aromatic nitrogens is 2. The summed E-state index contributed by atoms with van der Waals surface area (Å²) < 4.78 is 38.8. The number of nitrogens with one attached hydrogen (secondary N) is 2. The summed E-state index contributed by atoms with van der Waals surface area (Å²) in [7, 11) is 0. The Morgan fingerprint density at radius 1 is 1.05 bits per heavy atom. The summed E-state index contributed by atoms with van der Waals surface area (Å²) in [4.78, 5) is 18.6. The molecule has 2 N–H and O–H groups in total. The zero-order chi connectivity index (χ0) is 15.0. The normalized spacial score (nSPS) is 22.7. The smallest absolute Gasteiger partial charge is 0.363 e. The van der Waals surface area contributed by atoms with E-state index in [4.69, 9.17) is 0 Å². The van der Waals surface area contributed by atoms with Crippen LogP contribution >= 0.6 is 0 Å². The summed E-state index contributed by atoms with van der Waals surface area (Å²) in [6.45, 7) is 0. The van der Waals surface area contributed by atoms with Crippen LogP contribution in [-0.4, -0.2) is 27.0 Å². The molecular weight excluding hydrogens is 283 g/mol. The molecule has 1 amide bonds. The molecule has 1 saturated heterocycles. The Labute approximate surface area is 119 Å². The molecule has 7 heteroatoms. The SMILES string of the molecule is O=C(N1[C@H](c2ccc[nH]2)CC[C@H]1c1ccc[nH]1)C(F)(F)F. The van der Waals surface area contributed by atoms with E-state index in [9.17, 15) is 18.0 Å². The number of likely N-dealkylation sites (tertiary alicyclic amines) is 1. The van der Waals surface area contributed by atoms with E-state index in [1.165, 1.54) is 0 Å². The van der Waals surface area contributed by atoms with Crippen LogP contribution in [0.4, 0.5) is 13.2 Å². The van der Waals surface area contributed by atoms with Gasteiger partial charge in [0.25, 0.3) is 0 Å². The van der Waals surface area contributed by atoms with Crippen LogP contribution in [-0.2, 0) is 4.79 Å². The summed E-state index contributed by atoms with van der Waals surface area (Å²) in [5.41, 5.74) is 1.25. The van der Waals surface area contributed by atoms with Gasteiger partial charge in [0.15, 0.2) is 0 Å². The molecule has 1 fully saturated rings. The van der Waals surface area contributed by atoms with Crippen molar-refractivity contribution in [1.29, 1.82) is 0 Å². The van der Waals surface area contributed by atoms with E-state index >= 15 is 0 Å². The van der Waals surface area contributed by atoms with Gasteiger partial charge in [-0.1, -0.05) is 0 Å². The quantitative estimate of drug-likeness (QED) is 0.878. The van der Waals surface area contributed by atoms with Gasteiger partial charge in [-0.15, -0.1) is 0 Å². The van der Waals surface area contributed by atoms with E-state index in [0.29, 0.717) is 24.2 Å². The van der Waals surface area contributed by atoms with Gasteiger partial charge in [-0.25, -0.2) is 0 Å². The molecule has 1 aliphatic heterocycles. The van der Waals surface area contributed by atoms with Crippen LogP contribution in [0.3, 0.4) is 0 Å². The Morgan fingerprint density at radius 2 is 1.52 bits per heavy atom. The first-order valence-corrected chi connectivity index (χ1v) is 6.64. The van der Waals surface area contributed by atoms with Crippen molar-refractivity contribution in [3.8, 4) is 0 Å².